The van der Waals surface area contributed by atoms with Crippen LogP contribution in [0.3, 0.4) is 0 Å². The van der Waals surface area contributed by atoms with Crippen LogP contribution < -0.4 is 4.74 Å². The lowest BCUT2D eigenvalue weighted by molar-refractivity contribution is -0.116. The molecule has 2 aromatic carbocycles. The number of carbonyl (C=O) groups is 2. The number of allylic oxidation sites excluding steroid dienone is 6. The second-order valence-electron chi connectivity index (χ2n) is 9.91. The fourth-order valence-corrected chi connectivity index (χ4v) is 4.51. The molecule has 1 aliphatic carbocycles. The van der Waals surface area contributed by atoms with E-state index in [9.17, 15) is 19.8 Å². The first-order valence-electron chi connectivity index (χ1n) is 12.0. The fourth-order valence-electron chi connectivity index (χ4n) is 4.51. The van der Waals surface area contributed by atoms with Gasteiger partial charge < -0.3 is 14.9 Å². The third kappa shape index (κ3) is 6.42. The molecule has 0 radical (unpaired) electrons. The Hall–Kier alpha value is -3.86. The second kappa shape index (κ2) is 11.3. The molecule has 5 heteroatoms. The summed E-state index contributed by atoms with van der Waals surface area (Å²) < 4.78 is 5.17. The zero-order valence-corrected chi connectivity index (χ0v) is 21.5. The molecule has 1 aliphatic rings. The van der Waals surface area contributed by atoms with Crippen LogP contribution in [0.2, 0.25) is 0 Å². The van der Waals surface area contributed by atoms with E-state index in [1.807, 2.05) is 6.08 Å². The largest absolute Gasteiger partial charge is 0.508 e. The van der Waals surface area contributed by atoms with Crippen LogP contribution in [0.5, 0.6) is 17.2 Å². The van der Waals surface area contributed by atoms with Gasteiger partial charge in [-0.05, 0) is 91.3 Å². The number of hydrogen-bond acceptors (Lipinski definition) is 5. The molecule has 0 bridgehead atoms. The number of rotatable bonds is 8. The van der Waals surface area contributed by atoms with Crippen LogP contribution in [0.1, 0.15) is 50.3 Å². The summed E-state index contributed by atoms with van der Waals surface area (Å²) in [5.74, 6) is -0.340. The number of phenols is 2. The van der Waals surface area contributed by atoms with Gasteiger partial charge in [-0.25, -0.2) is 0 Å². The third-order valence-electron chi connectivity index (χ3n) is 6.72. The smallest absolute Gasteiger partial charge is 0.189 e. The number of aryl methyl sites for hydroxylation is 1. The van der Waals surface area contributed by atoms with Gasteiger partial charge in [-0.15, -0.1) is 0 Å². The summed E-state index contributed by atoms with van der Waals surface area (Å²) in [5, 5.41) is 19.7. The van der Waals surface area contributed by atoms with Crippen LogP contribution in [-0.2, 0) is 9.59 Å². The number of benzene rings is 2. The van der Waals surface area contributed by atoms with Crippen molar-refractivity contribution >= 4 is 23.7 Å². The van der Waals surface area contributed by atoms with Crippen molar-refractivity contribution in [2.24, 2.45) is 11.3 Å². The van der Waals surface area contributed by atoms with Crippen molar-refractivity contribution in [3.05, 3.63) is 88.5 Å². The Morgan fingerprint density at radius 2 is 1.64 bits per heavy atom. The first kappa shape index (κ1) is 26.7. The van der Waals surface area contributed by atoms with E-state index in [1.165, 1.54) is 37.0 Å². The van der Waals surface area contributed by atoms with Crippen molar-refractivity contribution in [2.45, 2.75) is 40.5 Å². The molecule has 5 nitrogen and oxygen atoms in total. The quantitative estimate of drug-likeness (QED) is 0.190. The van der Waals surface area contributed by atoms with Crippen LogP contribution >= 0.6 is 0 Å². The average molecular weight is 487 g/mol. The summed E-state index contributed by atoms with van der Waals surface area (Å²) in [6.45, 7) is 8.23. The Balaban J connectivity index is 1.97. The topological polar surface area (TPSA) is 83.8 Å². The number of ether oxygens (including phenoxy) is 1. The standard InChI is InChI=1S/C31H34O5/c1-20-7-6-16-31(3,4)25(20)11-15-28(34)24(18-23-10-14-29(35)30(19-23)36-5)27(33)13-9-22-8-12-26(32)21(2)17-22/h7-15,17-19,25,32,35H,6,16H2,1-5H3/b13-9+,15-11+,24-18-. The summed E-state index contributed by atoms with van der Waals surface area (Å²) in [5.41, 5.74) is 3.22. The Morgan fingerprint density at radius 3 is 2.31 bits per heavy atom. The zero-order chi connectivity index (χ0) is 26.5. The highest BCUT2D eigenvalue weighted by molar-refractivity contribution is 6.30. The second-order valence-corrected chi connectivity index (χ2v) is 9.91. The third-order valence-corrected chi connectivity index (χ3v) is 6.72. The van der Waals surface area contributed by atoms with Gasteiger partial charge in [0.2, 0.25) is 0 Å². The summed E-state index contributed by atoms with van der Waals surface area (Å²) in [6, 6.07) is 9.67. The lowest BCUT2D eigenvalue weighted by atomic mass is 9.68. The van der Waals surface area contributed by atoms with Crippen LogP contribution in [0, 0.1) is 18.3 Å². The minimum atomic E-state index is -0.447. The molecule has 0 saturated carbocycles. The van der Waals surface area contributed by atoms with Gasteiger partial charge in [0, 0.05) is 5.92 Å². The first-order chi connectivity index (χ1) is 17.0. The van der Waals surface area contributed by atoms with Crippen molar-refractivity contribution in [1.82, 2.24) is 0 Å². The highest BCUT2D eigenvalue weighted by Crippen LogP contribution is 2.41. The maximum absolute atomic E-state index is 13.3. The Kier molecular flexibility index (Phi) is 8.36. The van der Waals surface area contributed by atoms with Gasteiger partial charge in [-0.3, -0.25) is 9.59 Å². The van der Waals surface area contributed by atoms with E-state index in [2.05, 4.69) is 26.8 Å². The molecule has 0 spiro atoms. The predicted molar refractivity (Wildman–Crippen MR) is 144 cm³/mol. The number of methoxy groups -OCH3 is 1. The Labute approximate surface area is 213 Å². The van der Waals surface area contributed by atoms with Crippen molar-refractivity contribution in [2.75, 3.05) is 7.11 Å². The molecule has 0 amide bonds. The van der Waals surface area contributed by atoms with E-state index >= 15 is 0 Å². The van der Waals surface area contributed by atoms with Gasteiger partial charge in [-0.1, -0.05) is 49.8 Å². The Bertz CT molecular complexity index is 1270. The van der Waals surface area contributed by atoms with E-state index in [1.54, 1.807) is 43.3 Å². The van der Waals surface area contributed by atoms with Crippen LogP contribution in [0.4, 0.5) is 0 Å². The van der Waals surface area contributed by atoms with Crippen LogP contribution in [0.15, 0.2) is 71.8 Å². The molecule has 1 unspecified atom stereocenters. The van der Waals surface area contributed by atoms with E-state index < -0.39 is 11.6 Å². The van der Waals surface area contributed by atoms with Gasteiger partial charge in [-0.2, -0.15) is 0 Å². The molecular weight excluding hydrogens is 452 g/mol. The van der Waals surface area contributed by atoms with Crippen LogP contribution in [0.25, 0.3) is 12.2 Å². The van der Waals surface area contributed by atoms with E-state index in [-0.39, 0.29) is 34.2 Å². The summed E-state index contributed by atoms with van der Waals surface area (Å²) >= 11 is 0. The summed E-state index contributed by atoms with van der Waals surface area (Å²) in [4.78, 5) is 26.6. The maximum Gasteiger partial charge on any atom is 0.189 e. The summed E-state index contributed by atoms with van der Waals surface area (Å²) in [7, 11) is 1.44. The molecule has 0 aromatic heterocycles. The van der Waals surface area contributed by atoms with Gasteiger partial charge >= 0.3 is 0 Å². The molecule has 0 fully saturated rings. The predicted octanol–water partition coefficient (Wildman–Crippen LogP) is 6.59. The number of ketones is 2. The van der Waals surface area contributed by atoms with E-state index in [0.29, 0.717) is 11.1 Å². The molecular formula is C31H34O5. The van der Waals surface area contributed by atoms with Crippen molar-refractivity contribution < 1.29 is 24.5 Å². The highest BCUT2D eigenvalue weighted by Gasteiger charge is 2.31. The number of phenolic OH excluding ortho intramolecular Hbond substituents is 2. The molecule has 36 heavy (non-hydrogen) atoms. The van der Waals surface area contributed by atoms with Gasteiger partial charge in [0.25, 0.3) is 0 Å². The summed E-state index contributed by atoms with van der Waals surface area (Å²) in [6.07, 6.45) is 12.1. The Morgan fingerprint density at radius 1 is 0.972 bits per heavy atom. The van der Waals surface area contributed by atoms with Gasteiger partial charge in [0.1, 0.15) is 5.75 Å². The van der Waals surface area contributed by atoms with Crippen molar-refractivity contribution in [3.63, 3.8) is 0 Å². The molecule has 1 atom stereocenters. The van der Waals surface area contributed by atoms with Crippen LogP contribution in [-0.4, -0.2) is 28.9 Å². The molecule has 2 N–H and O–H groups in total. The number of carbonyl (C=O) groups excluding carboxylic acids is 2. The van der Waals surface area contributed by atoms with E-state index in [4.69, 9.17) is 4.74 Å². The minimum Gasteiger partial charge on any atom is -0.508 e. The molecule has 0 heterocycles. The maximum atomic E-state index is 13.3. The first-order valence-corrected chi connectivity index (χ1v) is 12.0. The monoisotopic (exact) mass is 486 g/mol. The van der Waals surface area contributed by atoms with Crippen molar-refractivity contribution in [3.8, 4) is 17.2 Å². The van der Waals surface area contributed by atoms with Gasteiger partial charge in [0.05, 0.1) is 12.7 Å². The fraction of sp³-hybridized carbons (Fsp3) is 0.290. The number of hydrogen-bond donors (Lipinski definition) is 2. The van der Waals surface area contributed by atoms with Crippen molar-refractivity contribution in [1.29, 1.82) is 0 Å². The minimum absolute atomic E-state index is 0.000918. The number of aromatic hydroxyl groups is 2. The van der Waals surface area contributed by atoms with E-state index in [0.717, 1.165) is 18.4 Å². The lowest BCUT2D eigenvalue weighted by Crippen LogP contribution is -2.26. The average Bonchev–Trinajstić information content (AvgIpc) is 2.83. The molecule has 3 rings (SSSR count). The molecule has 0 saturated heterocycles. The highest BCUT2D eigenvalue weighted by atomic mass is 16.5. The molecule has 2 aromatic rings. The van der Waals surface area contributed by atoms with Gasteiger partial charge in [0.15, 0.2) is 23.1 Å². The lowest BCUT2D eigenvalue weighted by Gasteiger charge is -2.36. The molecule has 188 valence electrons. The normalized spacial score (nSPS) is 17.9. The molecule has 0 aliphatic heterocycles. The SMILES string of the molecule is COc1cc(/C=C(/C(=O)/C=C/c2ccc(O)c(C)c2)C(=O)/C=C/C2C(C)=CCCC2(C)C)ccc1O. The zero-order valence-electron chi connectivity index (χ0n) is 21.5.